The molecule has 4 aromatic carbocycles. The molecule has 0 atom stereocenters. The molecule has 4 aromatic rings. The highest BCUT2D eigenvalue weighted by molar-refractivity contribution is 6.24. The molecular formula is C30H22O8. The third-order valence-electron chi connectivity index (χ3n) is 5.77. The van der Waals surface area contributed by atoms with E-state index in [1.54, 1.807) is 55.5 Å². The Morgan fingerprint density at radius 3 is 1.74 bits per heavy atom. The molecule has 0 aliphatic rings. The number of ether oxygens (including phenoxy) is 2. The van der Waals surface area contributed by atoms with Gasteiger partial charge in [-0.05, 0) is 25.1 Å². The lowest BCUT2D eigenvalue weighted by atomic mass is 9.88. The molecule has 0 aliphatic carbocycles. The Hall–Kier alpha value is -5.24. The quantitative estimate of drug-likeness (QED) is 0.156. The molecule has 0 aromatic heterocycles. The summed E-state index contributed by atoms with van der Waals surface area (Å²) in [5.74, 6) is -6.73. The summed E-state index contributed by atoms with van der Waals surface area (Å²) in [5, 5.41) is 22.0. The smallest absolute Gasteiger partial charge is 0.343 e. The molecule has 0 saturated heterocycles. The lowest BCUT2D eigenvalue weighted by Crippen LogP contribution is -2.21. The zero-order chi connectivity index (χ0) is 27.4. The van der Waals surface area contributed by atoms with E-state index < -0.39 is 57.4 Å². The number of hydrogen-bond acceptors (Lipinski definition) is 8. The second-order valence-electron chi connectivity index (χ2n) is 8.29. The molecule has 2 N–H and O–H groups in total. The Morgan fingerprint density at radius 2 is 1.16 bits per heavy atom. The standard InChI is InChI=1S/C30H22O8/c1-17-10-9-15-20(16-17)25(32)23-21(30(36)37-2)22(24(31)18-11-5-3-6-12-18)26(33)27(34)28(23)38-29(35)19-13-7-4-8-14-19/h3-16,33-34H,1-2H3. The van der Waals surface area contributed by atoms with Crippen LogP contribution in [0.4, 0.5) is 0 Å². The summed E-state index contributed by atoms with van der Waals surface area (Å²) in [5.41, 5.74) is -1.01. The lowest BCUT2D eigenvalue weighted by Gasteiger charge is -2.19. The number of benzene rings is 4. The number of aromatic hydroxyl groups is 2. The van der Waals surface area contributed by atoms with Crippen LogP contribution < -0.4 is 4.74 Å². The number of phenols is 2. The van der Waals surface area contributed by atoms with E-state index in [-0.39, 0.29) is 16.7 Å². The van der Waals surface area contributed by atoms with Crippen molar-refractivity contribution in [3.8, 4) is 17.2 Å². The number of phenolic OH excluding ortho intramolecular Hbond substituents is 2. The number of carbonyl (C=O) groups is 4. The van der Waals surface area contributed by atoms with Crippen molar-refractivity contribution in [3.05, 3.63) is 124 Å². The second-order valence-corrected chi connectivity index (χ2v) is 8.29. The summed E-state index contributed by atoms with van der Waals surface area (Å²) in [6.45, 7) is 1.74. The number of methoxy groups -OCH3 is 1. The maximum atomic E-state index is 13.9. The van der Waals surface area contributed by atoms with Crippen LogP contribution in [0.25, 0.3) is 0 Å². The van der Waals surface area contributed by atoms with Gasteiger partial charge in [-0.1, -0.05) is 72.3 Å². The first-order valence-corrected chi connectivity index (χ1v) is 11.4. The summed E-state index contributed by atoms with van der Waals surface area (Å²) in [7, 11) is 1.03. The highest BCUT2D eigenvalue weighted by atomic mass is 16.5. The van der Waals surface area contributed by atoms with Crippen molar-refractivity contribution < 1.29 is 38.9 Å². The highest BCUT2D eigenvalue weighted by Crippen LogP contribution is 2.46. The Bertz CT molecular complexity index is 1560. The molecule has 0 radical (unpaired) electrons. The van der Waals surface area contributed by atoms with Crippen LogP contribution in [-0.2, 0) is 4.74 Å². The van der Waals surface area contributed by atoms with Crippen LogP contribution in [0.15, 0.2) is 84.9 Å². The molecule has 190 valence electrons. The van der Waals surface area contributed by atoms with Crippen molar-refractivity contribution in [1.82, 2.24) is 0 Å². The number of carbonyl (C=O) groups excluding carboxylic acids is 4. The van der Waals surface area contributed by atoms with Crippen LogP contribution in [0.5, 0.6) is 17.2 Å². The molecule has 38 heavy (non-hydrogen) atoms. The first kappa shape index (κ1) is 25.8. The van der Waals surface area contributed by atoms with Gasteiger partial charge in [0.15, 0.2) is 23.1 Å². The van der Waals surface area contributed by atoms with Gasteiger partial charge < -0.3 is 19.7 Å². The summed E-state index contributed by atoms with van der Waals surface area (Å²) < 4.78 is 10.3. The Balaban J connectivity index is 2.05. The number of ketones is 2. The van der Waals surface area contributed by atoms with E-state index in [9.17, 15) is 29.4 Å². The fraction of sp³-hybridized carbons (Fsp3) is 0.0667. The summed E-state index contributed by atoms with van der Waals surface area (Å²) in [4.78, 5) is 53.4. The van der Waals surface area contributed by atoms with E-state index in [2.05, 4.69) is 0 Å². The second kappa shape index (κ2) is 10.8. The molecule has 8 heteroatoms. The van der Waals surface area contributed by atoms with E-state index in [0.29, 0.717) is 5.56 Å². The van der Waals surface area contributed by atoms with Gasteiger partial charge in [-0.3, -0.25) is 9.59 Å². The number of hydrogen-bond donors (Lipinski definition) is 2. The normalized spacial score (nSPS) is 10.5. The lowest BCUT2D eigenvalue weighted by molar-refractivity contribution is 0.0589. The van der Waals surface area contributed by atoms with Gasteiger partial charge >= 0.3 is 11.9 Å². The predicted octanol–water partition coefficient (Wildman–Crippen LogP) is 4.87. The maximum absolute atomic E-state index is 13.9. The predicted molar refractivity (Wildman–Crippen MR) is 137 cm³/mol. The van der Waals surface area contributed by atoms with Crippen molar-refractivity contribution in [2.45, 2.75) is 6.92 Å². The van der Waals surface area contributed by atoms with Crippen molar-refractivity contribution in [1.29, 1.82) is 0 Å². The van der Waals surface area contributed by atoms with Gasteiger partial charge in [0.1, 0.15) is 0 Å². The molecule has 0 amide bonds. The summed E-state index contributed by atoms with van der Waals surface area (Å²) in [6, 6.07) is 21.7. The molecule has 8 nitrogen and oxygen atoms in total. The van der Waals surface area contributed by atoms with Crippen LogP contribution in [-0.4, -0.2) is 40.8 Å². The number of aryl methyl sites for hydroxylation is 1. The van der Waals surface area contributed by atoms with Gasteiger partial charge in [0.05, 0.1) is 29.4 Å². The van der Waals surface area contributed by atoms with Gasteiger partial charge in [0.2, 0.25) is 5.75 Å². The van der Waals surface area contributed by atoms with Crippen molar-refractivity contribution in [2.24, 2.45) is 0 Å². The zero-order valence-corrected chi connectivity index (χ0v) is 20.4. The topological polar surface area (TPSA) is 127 Å². The maximum Gasteiger partial charge on any atom is 0.343 e. The molecule has 0 aliphatic heterocycles. The first-order valence-electron chi connectivity index (χ1n) is 11.4. The van der Waals surface area contributed by atoms with E-state index in [4.69, 9.17) is 9.47 Å². The molecule has 0 spiro atoms. The van der Waals surface area contributed by atoms with E-state index in [1.807, 2.05) is 0 Å². The van der Waals surface area contributed by atoms with Crippen LogP contribution in [0.2, 0.25) is 0 Å². The molecule has 0 bridgehead atoms. The molecule has 0 fully saturated rings. The van der Waals surface area contributed by atoms with Crippen molar-refractivity contribution in [2.75, 3.05) is 7.11 Å². The Labute approximate surface area is 217 Å². The minimum atomic E-state index is -1.16. The average Bonchev–Trinajstić information content (AvgIpc) is 2.95. The third-order valence-corrected chi connectivity index (χ3v) is 5.77. The van der Waals surface area contributed by atoms with Gasteiger partial charge in [0, 0.05) is 11.1 Å². The minimum Gasteiger partial charge on any atom is -0.504 e. The van der Waals surface area contributed by atoms with Gasteiger partial charge in [-0.2, -0.15) is 0 Å². The molecule has 0 saturated carbocycles. The SMILES string of the molecule is COC(=O)c1c(C(=O)c2ccccc2)c(O)c(O)c(OC(=O)c2ccccc2)c1C(=O)c1cccc(C)c1. The highest BCUT2D eigenvalue weighted by Gasteiger charge is 2.37. The Kier molecular flexibility index (Phi) is 7.34. The van der Waals surface area contributed by atoms with Crippen LogP contribution >= 0.6 is 0 Å². The van der Waals surface area contributed by atoms with Gasteiger partial charge in [-0.15, -0.1) is 0 Å². The van der Waals surface area contributed by atoms with Crippen molar-refractivity contribution >= 4 is 23.5 Å². The van der Waals surface area contributed by atoms with E-state index >= 15 is 0 Å². The number of esters is 2. The molecular weight excluding hydrogens is 488 g/mol. The number of rotatable bonds is 7. The van der Waals surface area contributed by atoms with Crippen LogP contribution in [0, 0.1) is 6.92 Å². The zero-order valence-electron chi connectivity index (χ0n) is 20.4. The van der Waals surface area contributed by atoms with Gasteiger partial charge in [-0.25, -0.2) is 9.59 Å². The molecule has 4 rings (SSSR count). The molecule has 0 heterocycles. The van der Waals surface area contributed by atoms with Gasteiger partial charge in [0.25, 0.3) is 0 Å². The van der Waals surface area contributed by atoms with Crippen LogP contribution in [0.1, 0.15) is 58.1 Å². The fourth-order valence-electron chi connectivity index (χ4n) is 3.93. The summed E-state index contributed by atoms with van der Waals surface area (Å²) in [6.07, 6.45) is 0. The Morgan fingerprint density at radius 1 is 0.605 bits per heavy atom. The monoisotopic (exact) mass is 510 g/mol. The first-order chi connectivity index (χ1) is 18.2. The van der Waals surface area contributed by atoms with Crippen LogP contribution in [0.3, 0.4) is 0 Å². The largest absolute Gasteiger partial charge is 0.504 e. The van der Waals surface area contributed by atoms with E-state index in [0.717, 1.165) is 7.11 Å². The fourth-order valence-corrected chi connectivity index (χ4v) is 3.93. The summed E-state index contributed by atoms with van der Waals surface area (Å²) >= 11 is 0. The van der Waals surface area contributed by atoms with Crippen molar-refractivity contribution in [3.63, 3.8) is 0 Å². The third kappa shape index (κ3) is 4.87. The van der Waals surface area contributed by atoms with E-state index in [1.165, 1.54) is 36.4 Å². The molecule has 0 unspecified atom stereocenters. The average molecular weight is 510 g/mol. The minimum absolute atomic E-state index is 0.0651.